The Hall–Kier alpha value is -1.02. The number of aryl methyl sites for hydroxylation is 1. The summed E-state index contributed by atoms with van der Waals surface area (Å²) in [5.74, 6) is 0. The average molecular weight is 191 g/mol. The molecule has 1 aromatic rings. The van der Waals surface area contributed by atoms with Crippen molar-refractivity contribution in [3.63, 3.8) is 0 Å². The fourth-order valence-corrected chi connectivity index (χ4v) is 1.84. The molecule has 0 atom stereocenters. The monoisotopic (exact) mass is 191 g/mol. The summed E-state index contributed by atoms with van der Waals surface area (Å²) in [6, 6.07) is 6.98. The first-order valence-electron chi connectivity index (χ1n) is 5.15. The second kappa shape index (κ2) is 3.62. The van der Waals surface area contributed by atoms with E-state index in [1.807, 2.05) is 0 Å². The molecule has 0 radical (unpaired) electrons. The van der Waals surface area contributed by atoms with Crippen LogP contribution in [0.5, 0.6) is 0 Å². The van der Waals surface area contributed by atoms with Gasteiger partial charge >= 0.3 is 0 Å². The first-order valence-corrected chi connectivity index (χ1v) is 5.15. The Morgan fingerprint density at radius 1 is 1.43 bits per heavy atom. The minimum absolute atomic E-state index is 0.133. The molecule has 0 heterocycles. The summed E-state index contributed by atoms with van der Waals surface area (Å²) >= 11 is 0. The third kappa shape index (κ3) is 1.75. The van der Waals surface area contributed by atoms with Crippen LogP contribution in [0, 0.1) is 6.92 Å². The van der Waals surface area contributed by atoms with Crippen LogP contribution in [0.3, 0.4) is 0 Å². The number of hydrogen-bond donors (Lipinski definition) is 1. The van der Waals surface area contributed by atoms with Crippen molar-refractivity contribution in [2.45, 2.75) is 32.4 Å². The largest absolute Gasteiger partial charge is 0.392 e. The number of aliphatic hydroxyl groups excluding tert-OH is 1. The van der Waals surface area contributed by atoms with Crippen molar-refractivity contribution in [3.05, 3.63) is 29.3 Å². The zero-order chi connectivity index (χ0) is 10.1. The molecule has 1 saturated carbocycles. The lowest BCUT2D eigenvalue weighted by Crippen LogP contribution is -2.20. The highest BCUT2D eigenvalue weighted by molar-refractivity contribution is 5.55. The van der Waals surface area contributed by atoms with Crippen molar-refractivity contribution < 1.29 is 5.11 Å². The lowest BCUT2D eigenvalue weighted by atomic mass is 10.1. The predicted molar refractivity (Wildman–Crippen MR) is 58.5 cm³/mol. The summed E-state index contributed by atoms with van der Waals surface area (Å²) in [4.78, 5) is 2.28. The summed E-state index contributed by atoms with van der Waals surface area (Å²) in [5.41, 5.74) is 3.43. The van der Waals surface area contributed by atoms with E-state index in [0.29, 0.717) is 6.04 Å². The van der Waals surface area contributed by atoms with Gasteiger partial charge in [0.1, 0.15) is 0 Å². The number of nitrogens with zero attached hydrogens (tertiary/aromatic N) is 1. The van der Waals surface area contributed by atoms with Crippen molar-refractivity contribution in [1.82, 2.24) is 0 Å². The van der Waals surface area contributed by atoms with Gasteiger partial charge in [-0.25, -0.2) is 0 Å². The van der Waals surface area contributed by atoms with Gasteiger partial charge in [-0.1, -0.05) is 17.7 Å². The van der Waals surface area contributed by atoms with Crippen molar-refractivity contribution >= 4 is 5.69 Å². The molecule has 1 aliphatic rings. The molecule has 0 spiro atoms. The Morgan fingerprint density at radius 3 is 2.71 bits per heavy atom. The summed E-state index contributed by atoms with van der Waals surface area (Å²) in [6.07, 6.45) is 2.57. The van der Waals surface area contributed by atoms with Gasteiger partial charge in [0.2, 0.25) is 0 Å². The number of benzene rings is 1. The highest BCUT2D eigenvalue weighted by atomic mass is 16.3. The molecule has 1 fully saturated rings. The molecule has 0 saturated heterocycles. The van der Waals surface area contributed by atoms with Gasteiger partial charge in [0.15, 0.2) is 0 Å². The molecule has 2 heteroatoms. The minimum Gasteiger partial charge on any atom is -0.392 e. The maximum absolute atomic E-state index is 9.27. The zero-order valence-corrected chi connectivity index (χ0v) is 8.83. The molecule has 2 rings (SSSR count). The van der Waals surface area contributed by atoms with Gasteiger partial charge in [-0.3, -0.25) is 0 Å². The van der Waals surface area contributed by atoms with E-state index in [2.05, 4.69) is 37.1 Å². The molecule has 1 aliphatic carbocycles. The third-order valence-electron chi connectivity index (χ3n) is 2.88. The Labute approximate surface area is 85.2 Å². The summed E-state index contributed by atoms with van der Waals surface area (Å²) in [5, 5.41) is 9.27. The van der Waals surface area contributed by atoms with E-state index >= 15 is 0 Å². The van der Waals surface area contributed by atoms with E-state index in [1.54, 1.807) is 0 Å². The van der Waals surface area contributed by atoms with Crippen molar-refractivity contribution in [3.8, 4) is 0 Å². The number of rotatable bonds is 3. The molecule has 0 bridgehead atoms. The van der Waals surface area contributed by atoms with Crippen LogP contribution in [0.2, 0.25) is 0 Å². The molecule has 1 N–H and O–H groups in total. The third-order valence-corrected chi connectivity index (χ3v) is 2.88. The lowest BCUT2D eigenvalue weighted by molar-refractivity contribution is 0.282. The second-order valence-corrected chi connectivity index (χ2v) is 4.13. The molecule has 1 aromatic carbocycles. The Balaban J connectivity index is 2.30. The van der Waals surface area contributed by atoms with Crippen LogP contribution in [0.15, 0.2) is 18.2 Å². The normalized spacial score (nSPS) is 15.6. The van der Waals surface area contributed by atoms with Gasteiger partial charge in [-0.05, 0) is 25.8 Å². The van der Waals surface area contributed by atoms with E-state index in [0.717, 1.165) is 5.56 Å². The molecule has 0 unspecified atom stereocenters. The summed E-state index contributed by atoms with van der Waals surface area (Å²) in [7, 11) is 2.11. The maximum Gasteiger partial charge on any atom is 0.0702 e. The van der Waals surface area contributed by atoms with E-state index < -0.39 is 0 Å². The number of anilines is 1. The SMILES string of the molecule is Cc1ccc(N(C)C2CC2)c(CO)c1. The fourth-order valence-electron chi connectivity index (χ4n) is 1.84. The standard InChI is InChI=1S/C12H17NO/c1-9-3-6-12(10(7-9)8-14)13(2)11-4-5-11/h3,6-7,11,14H,4-5,8H2,1-2H3. The topological polar surface area (TPSA) is 23.5 Å². The molecular formula is C12H17NO. The first kappa shape index (κ1) is 9.53. The Morgan fingerprint density at radius 2 is 2.14 bits per heavy atom. The molecule has 14 heavy (non-hydrogen) atoms. The van der Waals surface area contributed by atoms with Gasteiger partial charge in [-0.15, -0.1) is 0 Å². The van der Waals surface area contributed by atoms with Gasteiger partial charge < -0.3 is 10.0 Å². The maximum atomic E-state index is 9.27. The van der Waals surface area contributed by atoms with E-state index in [4.69, 9.17) is 0 Å². The quantitative estimate of drug-likeness (QED) is 0.790. The van der Waals surface area contributed by atoms with Crippen molar-refractivity contribution in [1.29, 1.82) is 0 Å². The van der Waals surface area contributed by atoms with Gasteiger partial charge in [-0.2, -0.15) is 0 Å². The van der Waals surface area contributed by atoms with E-state index in [1.165, 1.54) is 24.1 Å². The van der Waals surface area contributed by atoms with E-state index in [9.17, 15) is 5.11 Å². The van der Waals surface area contributed by atoms with Gasteiger partial charge in [0, 0.05) is 24.3 Å². The highest BCUT2D eigenvalue weighted by Crippen LogP contribution is 2.32. The summed E-state index contributed by atoms with van der Waals surface area (Å²) < 4.78 is 0. The molecule has 0 amide bonds. The minimum atomic E-state index is 0.133. The van der Waals surface area contributed by atoms with Crippen LogP contribution in [0.4, 0.5) is 5.69 Å². The predicted octanol–water partition coefficient (Wildman–Crippen LogP) is 2.09. The highest BCUT2D eigenvalue weighted by Gasteiger charge is 2.27. The molecular weight excluding hydrogens is 174 g/mol. The van der Waals surface area contributed by atoms with Crippen LogP contribution in [0.25, 0.3) is 0 Å². The van der Waals surface area contributed by atoms with Crippen LogP contribution in [-0.2, 0) is 6.61 Å². The van der Waals surface area contributed by atoms with Gasteiger partial charge in [0.05, 0.1) is 6.61 Å². The van der Waals surface area contributed by atoms with Crippen LogP contribution in [0.1, 0.15) is 24.0 Å². The zero-order valence-electron chi connectivity index (χ0n) is 8.83. The average Bonchev–Trinajstić information content (AvgIpc) is 3.00. The van der Waals surface area contributed by atoms with E-state index in [-0.39, 0.29) is 6.61 Å². The lowest BCUT2D eigenvalue weighted by Gasteiger charge is -2.21. The van der Waals surface area contributed by atoms with Crippen molar-refractivity contribution in [2.24, 2.45) is 0 Å². The van der Waals surface area contributed by atoms with Gasteiger partial charge in [0.25, 0.3) is 0 Å². The first-order chi connectivity index (χ1) is 6.72. The molecule has 0 aliphatic heterocycles. The van der Waals surface area contributed by atoms with Crippen LogP contribution >= 0.6 is 0 Å². The summed E-state index contributed by atoms with van der Waals surface area (Å²) in [6.45, 7) is 2.19. The Bertz CT molecular complexity index is 331. The number of aliphatic hydroxyl groups is 1. The van der Waals surface area contributed by atoms with Crippen LogP contribution < -0.4 is 4.90 Å². The smallest absolute Gasteiger partial charge is 0.0702 e. The molecule has 76 valence electrons. The van der Waals surface area contributed by atoms with Crippen molar-refractivity contribution in [2.75, 3.05) is 11.9 Å². The molecule has 0 aromatic heterocycles. The fraction of sp³-hybridized carbons (Fsp3) is 0.500. The number of hydrogen-bond acceptors (Lipinski definition) is 2. The second-order valence-electron chi connectivity index (χ2n) is 4.13. The Kier molecular flexibility index (Phi) is 2.46. The van der Waals surface area contributed by atoms with Crippen LogP contribution in [-0.4, -0.2) is 18.2 Å². The molecule has 2 nitrogen and oxygen atoms in total.